The summed E-state index contributed by atoms with van der Waals surface area (Å²) in [6.07, 6.45) is 2.34. The number of nitrogens with zero attached hydrogens (tertiary/aromatic N) is 2. The Bertz CT molecular complexity index is 1000. The van der Waals surface area contributed by atoms with Crippen LogP contribution in [0.4, 0.5) is 0 Å². The average molecular weight is 407 g/mol. The number of amides is 1. The molecule has 152 valence electrons. The first kappa shape index (κ1) is 20.5. The number of unbranched alkanes of at least 4 members (excludes halogenated alkanes) is 1. The van der Waals surface area contributed by atoms with E-state index in [1.165, 1.54) is 0 Å². The number of aromatic amines is 1. The zero-order valence-electron chi connectivity index (χ0n) is 16.0. The molecule has 1 aliphatic heterocycles. The Balaban J connectivity index is 1.68. The maximum atomic E-state index is 12.4. The summed E-state index contributed by atoms with van der Waals surface area (Å²) < 4.78 is 23.1. The third-order valence-electron chi connectivity index (χ3n) is 4.83. The van der Waals surface area contributed by atoms with E-state index in [-0.39, 0.29) is 35.6 Å². The van der Waals surface area contributed by atoms with Gasteiger partial charge in [0.05, 0.1) is 35.5 Å². The highest BCUT2D eigenvalue weighted by atomic mass is 32.2. The molecular weight excluding hydrogens is 380 g/mol. The Morgan fingerprint density at radius 1 is 1.36 bits per heavy atom. The first-order chi connectivity index (χ1) is 13.4. The van der Waals surface area contributed by atoms with Gasteiger partial charge in [0.15, 0.2) is 9.84 Å². The van der Waals surface area contributed by atoms with Gasteiger partial charge in [-0.25, -0.2) is 13.4 Å². The topological polar surface area (TPSA) is 112 Å². The first-order valence-electron chi connectivity index (χ1n) is 9.56. The molecule has 2 heterocycles. The number of hydrogen-bond acceptors (Lipinski definition) is 6. The lowest BCUT2D eigenvalue weighted by Crippen LogP contribution is -2.43. The average Bonchev–Trinajstić information content (AvgIpc) is 2.98. The summed E-state index contributed by atoms with van der Waals surface area (Å²) >= 11 is 0. The van der Waals surface area contributed by atoms with Crippen molar-refractivity contribution in [2.75, 3.05) is 24.6 Å². The number of para-hydroxylation sites is 1. The second-order valence-corrected chi connectivity index (χ2v) is 9.49. The molecule has 1 saturated heterocycles. The highest BCUT2D eigenvalue weighted by Crippen LogP contribution is 2.12. The van der Waals surface area contributed by atoms with E-state index >= 15 is 0 Å². The van der Waals surface area contributed by atoms with Gasteiger partial charge in [-0.05, 0) is 31.5 Å². The van der Waals surface area contributed by atoms with Crippen LogP contribution >= 0.6 is 0 Å². The third kappa shape index (κ3) is 5.39. The first-order valence-corrected chi connectivity index (χ1v) is 11.4. The van der Waals surface area contributed by atoms with Crippen LogP contribution in [-0.4, -0.2) is 59.8 Å². The Morgan fingerprint density at radius 3 is 2.86 bits per heavy atom. The standard InChI is InChI=1S/C19H26N4O4S/c1-2-3-9-23(12-18(24)20-14-8-10-28(26,27)13-14)11-17-21-16-7-5-4-6-15(16)19(25)22-17/h4-7,14H,2-3,8-13H2,1H3,(H,20,24)(H,21,22,25)/t14-/m1/s1. The van der Waals surface area contributed by atoms with Gasteiger partial charge in [0.1, 0.15) is 5.82 Å². The van der Waals surface area contributed by atoms with Crippen LogP contribution in [0, 0.1) is 0 Å². The van der Waals surface area contributed by atoms with Gasteiger partial charge in [-0.15, -0.1) is 0 Å². The molecule has 0 radical (unpaired) electrons. The van der Waals surface area contributed by atoms with Gasteiger partial charge in [0.2, 0.25) is 5.91 Å². The second kappa shape index (κ2) is 8.83. The van der Waals surface area contributed by atoms with Gasteiger partial charge in [-0.3, -0.25) is 14.5 Å². The summed E-state index contributed by atoms with van der Waals surface area (Å²) in [6, 6.07) is 6.82. The monoisotopic (exact) mass is 406 g/mol. The molecule has 0 saturated carbocycles. The number of benzene rings is 1. The Kier molecular flexibility index (Phi) is 6.46. The number of carbonyl (C=O) groups is 1. The molecule has 1 aliphatic rings. The van der Waals surface area contributed by atoms with E-state index in [4.69, 9.17) is 0 Å². The molecule has 1 amide bonds. The van der Waals surface area contributed by atoms with Gasteiger partial charge in [0, 0.05) is 6.04 Å². The van der Waals surface area contributed by atoms with E-state index in [2.05, 4.69) is 22.2 Å². The summed E-state index contributed by atoms with van der Waals surface area (Å²) in [5.74, 6) is 0.435. The lowest BCUT2D eigenvalue weighted by molar-refractivity contribution is -0.123. The van der Waals surface area contributed by atoms with Crippen molar-refractivity contribution >= 4 is 26.6 Å². The predicted molar refractivity (Wildman–Crippen MR) is 108 cm³/mol. The molecule has 28 heavy (non-hydrogen) atoms. The second-order valence-electron chi connectivity index (χ2n) is 7.26. The lowest BCUT2D eigenvalue weighted by Gasteiger charge is -2.22. The zero-order valence-corrected chi connectivity index (χ0v) is 16.8. The minimum atomic E-state index is -3.04. The van der Waals surface area contributed by atoms with Crippen LogP contribution in [-0.2, 0) is 21.2 Å². The van der Waals surface area contributed by atoms with Crippen molar-refractivity contribution in [3.05, 3.63) is 40.4 Å². The van der Waals surface area contributed by atoms with E-state index in [0.29, 0.717) is 36.2 Å². The Labute approximate surface area is 164 Å². The SMILES string of the molecule is CCCCN(CC(=O)N[C@@H]1CCS(=O)(=O)C1)Cc1nc2ccccc2c(=O)[nH]1. The predicted octanol–water partition coefficient (Wildman–Crippen LogP) is 0.829. The molecule has 0 aliphatic carbocycles. The maximum Gasteiger partial charge on any atom is 0.258 e. The van der Waals surface area contributed by atoms with Gasteiger partial charge in [0.25, 0.3) is 5.56 Å². The fourth-order valence-corrected chi connectivity index (χ4v) is 5.08. The normalized spacial score (nSPS) is 18.6. The minimum absolute atomic E-state index is 0.00719. The minimum Gasteiger partial charge on any atom is -0.351 e. The van der Waals surface area contributed by atoms with Gasteiger partial charge < -0.3 is 10.3 Å². The molecule has 8 nitrogen and oxygen atoms in total. The van der Waals surface area contributed by atoms with Crippen LogP contribution in [0.3, 0.4) is 0 Å². The smallest absolute Gasteiger partial charge is 0.258 e. The maximum absolute atomic E-state index is 12.4. The van der Waals surface area contributed by atoms with Gasteiger partial charge in [-0.1, -0.05) is 25.5 Å². The molecule has 1 atom stereocenters. The quantitative estimate of drug-likeness (QED) is 0.671. The van der Waals surface area contributed by atoms with Crippen molar-refractivity contribution in [3.63, 3.8) is 0 Å². The van der Waals surface area contributed by atoms with Crippen molar-refractivity contribution in [1.29, 1.82) is 0 Å². The molecule has 0 bridgehead atoms. The van der Waals surface area contributed by atoms with Gasteiger partial charge >= 0.3 is 0 Å². The summed E-state index contributed by atoms with van der Waals surface area (Å²) in [4.78, 5) is 33.9. The number of nitrogens with one attached hydrogen (secondary N) is 2. The van der Waals surface area contributed by atoms with Crippen molar-refractivity contribution in [2.45, 2.75) is 38.8 Å². The van der Waals surface area contributed by atoms with E-state index in [1.807, 2.05) is 11.0 Å². The van der Waals surface area contributed by atoms with E-state index in [1.54, 1.807) is 18.2 Å². The highest BCUT2D eigenvalue weighted by Gasteiger charge is 2.29. The number of H-pyrrole nitrogens is 1. The fourth-order valence-electron chi connectivity index (χ4n) is 3.40. The van der Waals surface area contributed by atoms with Crippen LogP contribution in [0.1, 0.15) is 32.0 Å². The van der Waals surface area contributed by atoms with Crippen molar-refractivity contribution < 1.29 is 13.2 Å². The lowest BCUT2D eigenvalue weighted by atomic mass is 10.2. The van der Waals surface area contributed by atoms with Crippen LogP contribution in [0.25, 0.3) is 10.9 Å². The molecule has 9 heteroatoms. The van der Waals surface area contributed by atoms with Gasteiger partial charge in [-0.2, -0.15) is 0 Å². The summed E-state index contributed by atoms with van der Waals surface area (Å²) in [7, 11) is -3.04. The molecule has 1 aromatic heterocycles. The summed E-state index contributed by atoms with van der Waals surface area (Å²) in [6.45, 7) is 3.23. The number of carbonyl (C=O) groups excluding carboxylic acids is 1. The number of sulfone groups is 1. The van der Waals surface area contributed by atoms with E-state index < -0.39 is 9.84 Å². The van der Waals surface area contributed by atoms with Crippen molar-refractivity contribution in [2.24, 2.45) is 0 Å². The summed E-state index contributed by atoms with van der Waals surface area (Å²) in [5.41, 5.74) is 0.425. The molecular formula is C19H26N4O4S. The summed E-state index contributed by atoms with van der Waals surface area (Å²) in [5, 5.41) is 3.35. The number of rotatable bonds is 8. The number of hydrogen-bond donors (Lipinski definition) is 2. The number of aromatic nitrogens is 2. The zero-order chi connectivity index (χ0) is 20.1. The largest absolute Gasteiger partial charge is 0.351 e. The van der Waals surface area contributed by atoms with E-state index in [9.17, 15) is 18.0 Å². The third-order valence-corrected chi connectivity index (χ3v) is 6.60. The molecule has 0 spiro atoms. The molecule has 1 fully saturated rings. The van der Waals surface area contributed by atoms with Crippen molar-refractivity contribution in [3.8, 4) is 0 Å². The van der Waals surface area contributed by atoms with E-state index in [0.717, 1.165) is 12.8 Å². The van der Waals surface area contributed by atoms with Crippen LogP contribution in [0.15, 0.2) is 29.1 Å². The molecule has 2 aromatic rings. The van der Waals surface area contributed by atoms with Crippen LogP contribution in [0.5, 0.6) is 0 Å². The Morgan fingerprint density at radius 2 is 2.14 bits per heavy atom. The van der Waals surface area contributed by atoms with Crippen molar-refractivity contribution in [1.82, 2.24) is 20.2 Å². The van der Waals surface area contributed by atoms with Crippen LogP contribution in [0.2, 0.25) is 0 Å². The molecule has 2 N–H and O–H groups in total. The molecule has 0 unspecified atom stereocenters. The Hall–Kier alpha value is -2.26. The molecule has 1 aromatic carbocycles. The fraction of sp³-hybridized carbons (Fsp3) is 0.526. The molecule has 3 rings (SSSR count). The van der Waals surface area contributed by atoms with Crippen LogP contribution < -0.4 is 10.9 Å². The highest BCUT2D eigenvalue weighted by molar-refractivity contribution is 7.91. The number of fused-ring (bicyclic) bond motifs is 1.